The number of hydrogen-bond donors (Lipinski definition) is 2. The Bertz CT molecular complexity index is 887. The monoisotopic (exact) mass is 357 g/mol. The number of furan rings is 1. The smallest absolute Gasteiger partial charge is 0.263 e. The summed E-state index contributed by atoms with van der Waals surface area (Å²) in [5, 5.41) is 15.2. The molecule has 1 amide bonds. The number of nitrogens with zero attached hydrogens (tertiary/aromatic N) is 1. The summed E-state index contributed by atoms with van der Waals surface area (Å²) in [6.07, 6.45) is 3.00. The first-order chi connectivity index (χ1) is 13.3. The van der Waals surface area contributed by atoms with E-state index >= 15 is 0 Å². The summed E-state index contributed by atoms with van der Waals surface area (Å²) in [6.45, 7) is 0.228. The van der Waals surface area contributed by atoms with Crippen molar-refractivity contribution in [2.45, 2.75) is 12.6 Å². The third kappa shape index (κ3) is 4.86. The Labute approximate surface area is 157 Å². The van der Waals surface area contributed by atoms with Crippen LogP contribution >= 0.6 is 0 Å². The maximum atomic E-state index is 12.3. The number of carbonyl (C=O) groups excluding carboxylic acids is 1. The van der Waals surface area contributed by atoms with Crippen LogP contribution in [0.15, 0.2) is 95.2 Å². The van der Waals surface area contributed by atoms with E-state index in [1.807, 2.05) is 66.7 Å². The molecular formula is C22H19N3O2. The Morgan fingerprint density at radius 2 is 1.63 bits per heavy atom. The highest BCUT2D eigenvalue weighted by molar-refractivity contribution is 5.97. The van der Waals surface area contributed by atoms with Gasteiger partial charge in [0.25, 0.3) is 5.91 Å². The molecule has 27 heavy (non-hydrogen) atoms. The van der Waals surface area contributed by atoms with Crippen LogP contribution in [0.1, 0.15) is 22.9 Å². The second kappa shape index (κ2) is 9.07. The number of amides is 1. The summed E-state index contributed by atoms with van der Waals surface area (Å²) in [7, 11) is 0. The molecule has 5 heteroatoms. The first kappa shape index (κ1) is 18.0. The van der Waals surface area contributed by atoms with Gasteiger partial charge in [-0.1, -0.05) is 60.7 Å². The molecule has 0 radical (unpaired) electrons. The van der Waals surface area contributed by atoms with Crippen molar-refractivity contribution < 1.29 is 9.21 Å². The van der Waals surface area contributed by atoms with Gasteiger partial charge in [-0.3, -0.25) is 4.79 Å². The average Bonchev–Trinajstić information content (AvgIpc) is 3.24. The van der Waals surface area contributed by atoms with Gasteiger partial charge in [0.05, 0.1) is 18.8 Å². The molecule has 0 aliphatic carbocycles. The zero-order valence-corrected chi connectivity index (χ0v) is 14.6. The maximum Gasteiger partial charge on any atom is 0.263 e. The fourth-order valence-corrected chi connectivity index (χ4v) is 2.67. The van der Waals surface area contributed by atoms with Crippen LogP contribution in [0, 0.1) is 11.3 Å². The van der Waals surface area contributed by atoms with Crippen LogP contribution in [0.2, 0.25) is 0 Å². The predicted octanol–water partition coefficient (Wildman–Crippen LogP) is 3.68. The topological polar surface area (TPSA) is 78.1 Å². The Morgan fingerprint density at radius 3 is 2.15 bits per heavy atom. The van der Waals surface area contributed by atoms with Gasteiger partial charge in [0.2, 0.25) is 0 Å². The van der Waals surface area contributed by atoms with Crippen molar-refractivity contribution in [3.8, 4) is 6.07 Å². The summed E-state index contributed by atoms with van der Waals surface area (Å²) < 4.78 is 5.18. The summed E-state index contributed by atoms with van der Waals surface area (Å²) in [5.41, 5.74) is 2.07. The van der Waals surface area contributed by atoms with E-state index in [-0.39, 0.29) is 18.2 Å². The van der Waals surface area contributed by atoms with Crippen LogP contribution in [-0.4, -0.2) is 5.91 Å². The number of hydrogen-bond acceptors (Lipinski definition) is 4. The first-order valence-electron chi connectivity index (χ1n) is 8.54. The largest absolute Gasteiger partial charge is 0.467 e. The third-order valence-corrected chi connectivity index (χ3v) is 4.03. The normalized spacial score (nSPS) is 11.0. The van der Waals surface area contributed by atoms with Crippen molar-refractivity contribution in [1.29, 1.82) is 5.26 Å². The molecule has 0 fully saturated rings. The second-order valence-electron chi connectivity index (χ2n) is 5.85. The summed E-state index contributed by atoms with van der Waals surface area (Å²) in [4.78, 5) is 12.3. The zero-order chi connectivity index (χ0) is 18.9. The minimum atomic E-state index is -0.457. The lowest BCUT2D eigenvalue weighted by molar-refractivity contribution is -0.117. The van der Waals surface area contributed by atoms with E-state index in [0.29, 0.717) is 5.76 Å². The first-order valence-corrected chi connectivity index (χ1v) is 8.54. The highest BCUT2D eigenvalue weighted by Crippen LogP contribution is 2.21. The molecule has 0 unspecified atom stereocenters. The Hall–Kier alpha value is -3.78. The number of benzene rings is 2. The minimum Gasteiger partial charge on any atom is -0.467 e. The number of nitrogens with one attached hydrogen (secondary N) is 2. The van der Waals surface area contributed by atoms with Gasteiger partial charge in [-0.25, -0.2) is 0 Å². The van der Waals surface area contributed by atoms with Gasteiger partial charge < -0.3 is 15.1 Å². The molecule has 0 aliphatic heterocycles. The predicted molar refractivity (Wildman–Crippen MR) is 102 cm³/mol. The SMILES string of the molecule is N#C/C(=C/NC(c1ccccc1)c1ccccc1)C(=O)NCc1ccco1. The van der Waals surface area contributed by atoms with Gasteiger partial charge in [-0.05, 0) is 23.3 Å². The second-order valence-corrected chi connectivity index (χ2v) is 5.85. The Kier molecular flexibility index (Phi) is 6.05. The third-order valence-electron chi connectivity index (χ3n) is 4.03. The van der Waals surface area contributed by atoms with E-state index in [4.69, 9.17) is 4.42 Å². The Balaban J connectivity index is 1.76. The lowest BCUT2D eigenvalue weighted by Gasteiger charge is -2.19. The van der Waals surface area contributed by atoms with Crippen LogP contribution in [0.5, 0.6) is 0 Å². The lowest BCUT2D eigenvalue weighted by Crippen LogP contribution is -2.26. The molecule has 1 aromatic heterocycles. The molecule has 2 aromatic carbocycles. The maximum absolute atomic E-state index is 12.3. The quantitative estimate of drug-likeness (QED) is 0.499. The molecule has 0 saturated carbocycles. The van der Waals surface area contributed by atoms with E-state index in [1.165, 1.54) is 12.5 Å². The van der Waals surface area contributed by atoms with Crippen LogP contribution in [0.3, 0.4) is 0 Å². The van der Waals surface area contributed by atoms with Gasteiger partial charge in [-0.15, -0.1) is 0 Å². The number of nitriles is 1. The molecule has 3 rings (SSSR count). The standard InChI is InChI=1S/C22H19N3O2/c23-14-19(22(26)25-16-20-12-7-13-27-20)15-24-21(17-8-3-1-4-9-17)18-10-5-2-6-11-18/h1-13,15,21,24H,16H2,(H,25,26)/b19-15-. The molecule has 0 spiro atoms. The molecule has 0 atom stereocenters. The lowest BCUT2D eigenvalue weighted by atomic mass is 9.99. The molecular weight excluding hydrogens is 338 g/mol. The van der Waals surface area contributed by atoms with Crippen molar-refractivity contribution in [1.82, 2.24) is 10.6 Å². The van der Waals surface area contributed by atoms with E-state index in [9.17, 15) is 10.1 Å². The Morgan fingerprint density at radius 1 is 1.00 bits per heavy atom. The van der Waals surface area contributed by atoms with E-state index in [2.05, 4.69) is 10.6 Å². The summed E-state index contributed by atoms with van der Waals surface area (Å²) in [6, 6.07) is 25.0. The van der Waals surface area contributed by atoms with Crippen LogP contribution in [-0.2, 0) is 11.3 Å². The summed E-state index contributed by atoms with van der Waals surface area (Å²) >= 11 is 0. The zero-order valence-electron chi connectivity index (χ0n) is 14.6. The molecule has 3 aromatic rings. The van der Waals surface area contributed by atoms with E-state index < -0.39 is 5.91 Å². The van der Waals surface area contributed by atoms with Crippen molar-refractivity contribution >= 4 is 5.91 Å². The van der Waals surface area contributed by atoms with Crippen LogP contribution in [0.4, 0.5) is 0 Å². The van der Waals surface area contributed by atoms with Crippen LogP contribution < -0.4 is 10.6 Å². The van der Waals surface area contributed by atoms with Crippen LogP contribution in [0.25, 0.3) is 0 Å². The number of carbonyl (C=O) groups is 1. The van der Waals surface area contributed by atoms with Crippen molar-refractivity contribution in [2.24, 2.45) is 0 Å². The molecule has 134 valence electrons. The molecule has 0 aliphatic rings. The fourth-order valence-electron chi connectivity index (χ4n) is 2.67. The van der Waals surface area contributed by atoms with Gasteiger partial charge in [0.15, 0.2) is 0 Å². The molecule has 0 bridgehead atoms. The van der Waals surface area contributed by atoms with Gasteiger partial charge in [-0.2, -0.15) is 5.26 Å². The number of rotatable bonds is 7. The molecule has 1 heterocycles. The highest BCUT2D eigenvalue weighted by atomic mass is 16.3. The molecule has 0 saturated heterocycles. The van der Waals surface area contributed by atoms with Gasteiger partial charge in [0.1, 0.15) is 17.4 Å². The molecule has 2 N–H and O–H groups in total. The van der Waals surface area contributed by atoms with E-state index in [0.717, 1.165) is 11.1 Å². The molecule has 5 nitrogen and oxygen atoms in total. The highest BCUT2D eigenvalue weighted by Gasteiger charge is 2.14. The fraction of sp³-hybridized carbons (Fsp3) is 0.0909. The van der Waals surface area contributed by atoms with Crippen molar-refractivity contribution in [3.63, 3.8) is 0 Å². The van der Waals surface area contributed by atoms with Crippen molar-refractivity contribution in [3.05, 3.63) is 108 Å². The van der Waals surface area contributed by atoms with Crippen molar-refractivity contribution in [2.75, 3.05) is 0 Å². The van der Waals surface area contributed by atoms with E-state index in [1.54, 1.807) is 12.1 Å². The van der Waals surface area contributed by atoms with Gasteiger partial charge in [0, 0.05) is 6.20 Å². The average molecular weight is 357 g/mol. The summed E-state index contributed by atoms with van der Waals surface area (Å²) in [5.74, 6) is 0.168. The minimum absolute atomic E-state index is 0.00146. The van der Waals surface area contributed by atoms with Gasteiger partial charge >= 0.3 is 0 Å².